The van der Waals surface area contributed by atoms with Crippen molar-refractivity contribution in [1.29, 1.82) is 0 Å². The van der Waals surface area contributed by atoms with E-state index >= 15 is 0 Å². The third-order valence-corrected chi connectivity index (χ3v) is 7.75. The molecule has 2 bridgehead atoms. The molecule has 2 aromatic carbocycles. The normalized spacial score (nSPS) is 21.4. The van der Waals surface area contributed by atoms with Crippen LogP contribution >= 0.6 is 0 Å². The molecule has 4 amide bonds. The van der Waals surface area contributed by atoms with Gasteiger partial charge in [-0.1, -0.05) is 56.3 Å². The largest absolute Gasteiger partial charge is 0.354 e. The number of amides is 4. The molecule has 2 aliphatic rings. The fraction of sp³-hybridized carbons (Fsp3) is 0.441. The third kappa shape index (κ3) is 10.6. The number of fused-ring (bicyclic) bond motifs is 18. The molecule has 0 radical (unpaired) electrons. The van der Waals surface area contributed by atoms with E-state index < -0.39 is 29.9 Å². The highest BCUT2D eigenvalue weighted by Crippen LogP contribution is 2.13. The first kappa shape index (κ1) is 33.4. The number of nitrogens with zero attached hydrogens (tertiary/aromatic N) is 2. The van der Waals surface area contributed by atoms with E-state index in [1.807, 2.05) is 56.3 Å². The van der Waals surface area contributed by atoms with E-state index in [4.69, 9.17) is 0 Å². The molecular formula is C34H45N7O4. The van der Waals surface area contributed by atoms with Gasteiger partial charge in [0, 0.05) is 37.5 Å². The van der Waals surface area contributed by atoms with Crippen LogP contribution in [-0.2, 0) is 33.9 Å². The van der Waals surface area contributed by atoms with Crippen LogP contribution < -0.4 is 21.3 Å². The smallest absolute Gasteiger partial charge is 0.251 e. The van der Waals surface area contributed by atoms with E-state index in [1.54, 1.807) is 31.5 Å². The zero-order valence-electron chi connectivity index (χ0n) is 26.3. The van der Waals surface area contributed by atoms with E-state index in [2.05, 4.69) is 36.1 Å². The molecule has 5 rings (SSSR count). The maximum absolute atomic E-state index is 13.7. The van der Waals surface area contributed by atoms with Crippen LogP contribution in [-0.4, -0.2) is 69.7 Å². The summed E-state index contributed by atoms with van der Waals surface area (Å²) in [6.07, 6.45) is 5.73. The molecule has 3 aromatic rings. The lowest BCUT2D eigenvalue weighted by Crippen LogP contribution is -2.57. The molecule has 5 N–H and O–H groups in total. The van der Waals surface area contributed by atoms with Gasteiger partial charge in [-0.25, -0.2) is 4.98 Å². The summed E-state index contributed by atoms with van der Waals surface area (Å²) in [5.74, 6) is -0.641. The Morgan fingerprint density at radius 3 is 2.29 bits per heavy atom. The van der Waals surface area contributed by atoms with Crippen molar-refractivity contribution in [1.82, 2.24) is 36.1 Å². The van der Waals surface area contributed by atoms with Gasteiger partial charge in [-0.05, 0) is 61.9 Å². The zero-order valence-corrected chi connectivity index (χ0v) is 26.3. The number of hydrogen-bond donors (Lipinski definition) is 5. The Hall–Kier alpha value is -4.51. The Morgan fingerprint density at radius 2 is 1.60 bits per heavy atom. The van der Waals surface area contributed by atoms with Gasteiger partial charge in [0.25, 0.3) is 5.91 Å². The minimum absolute atomic E-state index is 0.0905. The molecule has 0 saturated carbocycles. The summed E-state index contributed by atoms with van der Waals surface area (Å²) in [6.45, 7) is 8.06. The average Bonchev–Trinajstić information content (AvgIpc) is 3.53. The number of carbonyl (C=O) groups excluding carboxylic acids is 4. The monoisotopic (exact) mass is 615 g/mol. The highest BCUT2D eigenvalue weighted by molar-refractivity contribution is 5.98. The predicted molar refractivity (Wildman–Crippen MR) is 172 cm³/mol. The molecule has 0 fully saturated rings. The molecular weight excluding hydrogens is 570 g/mol. The predicted octanol–water partition coefficient (Wildman–Crippen LogP) is 2.70. The Kier molecular flexibility index (Phi) is 12.3. The van der Waals surface area contributed by atoms with Crippen molar-refractivity contribution in [2.45, 2.75) is 77.7 Å². The minimum Gasteiger partial charge on any atom is -0.354 e. The number of benzene rings is 2. The first-order valence-electron chi connectivity index (χ1n) is 15.7. The van der Waals surface area contributed by atoms with Crippen molar-refractivity contribution in [2.24, 2.45) is 5.92 Å². The minimum atomic E-state index is -0.930. The molecule has 11 nitrogen and oxygen atoms in total. The van der Waals surface area contributed by atoms with E-state index in [0.717, 1.165) is 36.3 Å². The standard InChI is InChI=1S/C34H45N7O4/c1-23(2)19-28-33(44)38-24(3)31(42)37-15-7-8-18-41(22-30-35-16-17-36-30)21-26-11-13-27(14-12-26)32(43)39-29(34(45)40-28)20-25-9-5-4-6-10-25/h4-6,9-14,16-17,23-24,28-29H,7-8,15,18-22H2,1-3H3,(H,35,36)(H,37,42)(H,38,44)(H,39,43)(H,40,45)/t24-,28+,29-/m1/s1. The van der Waals surface area contributed by atoms with Crippen LogP contribution in [0.2, 0.25) is 0 Å². The van der Waals surface area contributed by atoms with E-state index in [0.29, 0.717) is 31.6 Å². The maximum Gasteiger partial charge on any atom is 0.251 e. The quantitative estimate of drug-likeness (QED) is 0.270. The van der Waals surface area contributed by atoms with Crippen LogP contribution in [0, 0.1) is 5.92 Å². The average molecular weight is 616 g/mol. The number of hydrogen-bond acceptors (Lipinski definition) is 6. The number of nitrogens with one attached hydrogen (secondary N) is 5. The summed E-state index contributed by atoms with van der Waals surface area (Å²) >= 11 is 0. The molecule has 2 aliphatic heterocycles. The van der Waals surface area contributed by atoms with Crippen LogP contribution in [0.3, 0.4) is 0 Å². The molecule has 3 heterocycles. The maximum atomic E-state index is 13.7. The highest BCUT2D eigenvalue weighted by Gasteiger charge is 2.29. The summed E-state index contributed by atoms with van der Waals surface area (Å²) in [5, 5.41) is 11.4. The van der Waals surface area contributed by atoms with Crippen molar-refractivity contribution < 1.29 is 19.2 Å². The Morgan fingerprint density at radius 1 is 0.867 bits per heavy atom. The van der Waals surface area contributed by atoms with Crippen molar-refractivity contribution in [3.63, 3.8) is 0 Å². The van der Waals surface area contributed by atoms with E-state index in [-0.39, 0.29) is 24.2 Å². The number of imidazole rings is 1. The fourth-order valence-corrected chi connectivity index (χ4v) is 5.31. The van der Waals surface area contributed by atoms with Crippen LogP contribution in [0.1, 0.15) is 67.3 Å². The second-order valence-corrected chi connectivity index (χ2v) is 12.1. The lowest BCUT2D eigenvalue weighted by molar-refractivity contribution is -0.132. The van der Waals surface area contributed by atoms with Crippen molar-refractivity contribution in [3.8, 4) is 0 Å². The van der Waals surface area contributed by atoms with Gasteiger partial charge in [-0.15, -0.1) is 0 Å². The van der Waals surface area contributed by atoms with Gasteiger partial charge in [0.15, 0.2) is 0 Å². The first-order chi connectivity index (χ1) is 21.7. The van der Waals surface area contributed by atoms with Gasteiger partial charge in [0.2, 0.25) is 17.7 Å². The lowest BCUT2D eigenvalue weighted by atomic mass is 10.0. The topological polar surface area (TPSA) is 148 Å². The second kappa shape index (κ2) is 16.5. The van der Waals surface area contributed by atoms with E-state index in [9.17, 15) is 19.2 Å². The van der Waals surface area contributed by atoms with Crippen LogP contribution in [0.25, 0.3) is 0 Å². The van der Waals surface area contributed by atoms with E-state index in [1.165, 1.54) is 0 Å². The SMILES string of the molecule is CC(C)C[C@@H]1NC(=O)[C@@H](Cc2ccccc2)NC(=O)c2ccc(cc2)CN(Cc2ncc[nH]2)CCCCNC(=O)[C@@H](C)NC1=O. The summed E-state index contributed by atoms with van der Waals surface area (Å²) in [4.78, 5) is 63.0. The molecule has 0 aliphatic carbocycles. The first-order valence-corrected chi connectivity index (χ1v) is 15.7. The van der Waals surface area contributed by atoms with Gasteiger partial charge >= 0.3 is 0 Å². The molecule has 1 aromatic heterocycles. The fourth-order valence-electron chi connectivity index (χ4n) is 5.31. The van der Waals surface area contributed by atoms with Crippen LogP contribution in [0.4, 0.5) is 0 Å². The van der Waals surface area contributed by atoms with Crippen LogP contribution in [0.5, 0.6) is 0 Å². The summed E-state index contributed by atoms with van der Waals surface area (Å²) < 4.78 is 0. The summed E-state index contributed by atoms with van der Waals surface area (Å²) in [7, 11) is 0. The molecule has 0 saturated heterocycles. The van der Waals surface area contributed by atoms with Crippen LogP contribution in [0.15, 0.2) is 67.0 Å². The van der Waals surface area contributed by atoms with Gasteiger partial charge in [0.1, 0.15) is 23.9 Å². The number of rotatable bonds is 6. The molecule has 3 atom stereocenters. The Bertz CT molecular complexity index is 1390. The number of aromatic amines is 1. The summed E-state index contributed by atoms with van der Waals surface area (Å²) in [6, 6.07) is 14.2. The van der Waals surface area contributed by atoms with Crippen molar-refractivity contribution in [3.05, 3.63) is 89.5 Å². The van der Waals surface area contributed by atoms with Gasteiger partial charge in [-0.2, -0.15) is 0 Å². The van der Waals surface area contributed by atoms with Crippen molar-refractivity contribution >= 4 is 23.6 Å². The lowest BCUT2D eigenvalue weighted by Gasteiger charge is -2.25. The zero-order chi connectivity index (χ0) is 32.2. The second-order valence-electron chi connectivity index (χ2n) is 12.1. The number of aromatic nitrogens is 2. The molecule has 45 heavy (non-hydrogen) atoms. The van der Waals surface area contributed by atoms with Crippen molar-refractivity contribution in [2.75, 3.05) is 13.1 Å². The Balaban J connectivity index is 1.59. The van der Waals surface area contributed by atoms with Gasteiger partial charge in [-0.3, -0.25) is 24.1 Å². The molecule has 240 valence electrons. The Labute approximate surface area is 265 Å². The molecule has 0 spiro atoms. The summed E-state index contributed by atoms with van der Waals surface area (Å²) in [5.41, 5.74) is 2.33. The number of carbonyl (C=O) groups is 4. The van der Waals surface area contributed by atoms with Gasteiger partial charge in [0.05, 0.1) is 6.54 Å². The van der Waals surface area contributed by atoms with Gasteiger partial charge < -0.3 is 26.3 Å². The molecule has 11 heteroatoms. The number of H-pyrrole nitrogens is 1. The molecule has 0 unspecified atom stereocenters. The third-order valence-electron chi connectivity index (χ3n) is 7.75. The highest BCUT2D eigenvalue weighted by atomic mass is 16.2.